The monoisotopic (exact) mass is 523 g/mol. The summed E-state index contributed by atoms with van der Waals surface area (Å²) in [6.45, 7) is 7.16. The van der Waals surface area contributed by atoms with E-state index in [1.54, 1.807) is 62.4 Å². The Hall–Kier alpha value is -2.78. The zero-order valence-corrected chi connectivity index (χ0v) is 22.4. The van der Waals surface area contributed by atoms with Gasteiger partial charge in [-0.15, -0.1) is 0 Å². The first-order valence-corrected chi connectivity index (χ1v) is 13.7. The van der Waals surface area contributed by atoms with Gasteiger partial charge in [0.05, 0.1) is 18.6 Å². The van der Waals surface area contributed by atoms with Crippen molar-refractivity contribution in [3.05, 3.63) is 59.1 Å². The molecule has 192 valence electrons. The summed E-state index contributed by atoms with van der Waals surface area (Å²) in [5, 5.41) is 3.39. The first-order chi connectivity index (χ1) is 16.5. The number of hydrogen-bond donors (Lipinski definition) is 1. The molecule has 0 saturated heterocycles. The van der Waals surface area contributed by atoms with Crippen molar-refractivity contribution in [1.82, 2.24) is 10.2 Å². The number of para-hydroxylation sites is 2. The third-order valence-electron chi connectivity index (χ3n) is 5.52. The van der Waals surface area contributed by atoms with E-state index in [4.69, 9.17) is 16.3 Å². The van der Waals surface area contributed by atoms with Crippen molar-refractivity contribution in [3.8, 4) is 5.75 Å². The fourth-order valence-corrected chi connectivity index (χ4v) is 4.48. The molecule has 0 aliphatic rings. The zero-order valence-electron chi connectivity index (χ0n) is 20.8. The van der Waals surface area contributed by atoms with Gasteiger partial charge in [-0.1, -0.05) is 42.8 Å². The molecule has 0 heterocycles. The van der Waals surface area contributed by atoms with Crippen molar-refractivity contribution < 1.29 is 22.7 Å². The van der Waals surface area contributed by atoms with E-state index < -0.39 is 28.5 Å². The molecule has 1 N–H and O–H groups in total. The number of nitrogens with zero attached hydrogens (tertiary/aromatic N) is 2. The number of carbonyl (C=O) groups is 2. The molecule has 2 aromatic carbocycles. The van der Waals surface area contributed by atoms with Gasteiger partial charge in [0.15, 0.2) is 0 Å². The molecule has 2 amide bonds. The van der Waals surface area contributed by atoms with Crippen LogP contribution in [0.4, 0.5) is 5.69 Å². The number of halogens is 1. The van der Waals surface area contributed by atoms with Crippen LogP contribution in [0.3, 0.4) is 0 Å². The van der Waals surface area contributed by atoms with Crippen LogP contribution in [0.25, 0.3) is 0 Å². The largest absolute Gasteiger partial charge is 0.492 e. The van der Waals surface area contributed by atoms with Crippen LogP contribution in [0.15, 0.2) is 48.5 Å². The number of benzene rings is 2. The lowest BCUT2D eigenvalue weighted by atomic mass is 10.1. The van der Waals surface area contributed by atoms with Crippen molar-refractivity contribution in [1.29, 1.82) is 0 Å². The quantitative estimate of drug-likeness (QED) is 0.456. The molecule has 8 nitrogen and oxygen atoms in total. The summed E-state index contributed by atoms with van der Waals surface area (Å²) >= 11 is 6.12. The van der Waals surface area contributed by atoms with Crippen LogP contribution in [0.1, 0.15) is 39.7 Å². The van der Waals surface area contributed by atoms with Gasteiger partial charge < -0.3 is 15.0 Å². The maximum atomic E-state index is 13.6. The van der Waals surface area contributed by atoms with Crippen LogP contribution in [0.2, 0.25) is 5.02 Å². The number of carbonyl (C=O) groups excluding carboxylic acids is 2. The lowest BCUT2D eigenvalue weighted by Crippen LogP contribution is -2.52. The fraction of sp³-hybridized carbons (Fsp3) is 0.440. The molecule has 0 fully saturated rings. The van der Waals surface area contributed by atoms with Crippen molar-refractivity contribution in [3.63, 3.8) is 0 Å². The summed E-state index contributed by atoms with van der Waals surface area (Å²) in [5.74, 6) is -0.513. The zero-order chi connectivity index (χ0) is 26.2. The number of anilines is 1. The fourth-order valence-electron chi connectivity index (χ4n) is 3.42. The average molecular weight is 524 g/mol. The number of hydrogen-bond acceptors (Lipinski definition) is 5. The van der Waals surface area contributed by atoms with Gasteiger partial charge in [0, 0.05) is 17.6 Å². The van der Waals surface area contributed by atoms with E-state index >= 15 is 0 Å². The van der Waals surface area contributed by atoms with Gasteiger partial charge in [-0.3, -0.25) is 13.9 Å². The van der Waals surface area contributed by atoms with Gasteiger partial charge in [0.2, 0.25) is 21.8 Å². The van der Waals surface area contributed by atoms with Gasteiger partial charge in [-0.05, 0) is 57.0 Å². The molecule has 0 bridgehead atoms. The van der Waals surface area contributed by atoms with Gasteiger partial charge in [0.25, 0.3) is 0 Å². The molecule has 0 aliphatic carbocycles. The Balaban J connectivity index is 2.43. The topological polar surface area (TPSA) is 96.0 Å². The van der Waals surface area contributed by atoms with Crippen LogP contribution in [-0.4, -0.2) is 56.6 Å². The third kappa shape index (κ3) is 8.14. The lowest BCUT2D eigenvalue weighted by Gasteiger charge is -2.32. The Kier molecular flexibility index (Phi) is 10.4. The molecule has 0 radical (unpaired) electrons. The molecular formula is C25H34ClN3O5S. The standard InChI is InChI=1S/C25H34ClN3O5S/c1-6-18(3)27-25(31)19(4)28(16-20-11-10-12-21(26)15-20)24(30)17-29(35(5,32)33)22-13-8-9-14-23(22)34-7-2/h8-15,18-19H,6-7,16-17H2,1-5H3,(H,27,31)/t18-,19+/m0/s1. The summed E-state index contributed by atoms with van der Waals surface area (Å²) in [6.07, 6.45) is 1.76. The van der Waals surface area contributed by atoms with Crippen LogP contribution >= 0.6 is 11.6 Å². The third-order valence-corrected chi connectivity index (χ3v) is 6.88. The van der Waals surface area contributed by atoms with Crippen LogP contribution in [0.5, 0.6) is 5.75 Å². The minimum absolute atomic E-state index is 0.0707. The first kappa shape index (κ1) is 28.5. The normalized spacial score (nSPS) is 13.0. The highest BCUT2D eigenvalue weighted by molar-refractivity contribution is 7.92. The van der Waals surface area contributed by atoms with E-state index in [1.807, 2.05) is 13.8 Å². The Morgan fingerprint density at radius 2 is 1.77 bits per heavy atom. The molecule has 0 saturated carbocycles. The second-order valence-corrected chi connectivity index (χ2v) is 10.7. The van der Waals surface area contributed by atoms with E-state index in [0.29, 0.717) is 17.4 Å². The van der Waals surface area contributed by atoms with Crippen molar-refractivity contribution in [2.45, 2.75) is 52.7 Å². The second-order valence-electron chi connectivity index (χ2n) is 8.32. The van der Waals surface area contributed by atoms with E-state index in [1.165, 1.54) is 4.90 Å². The lowest BCUT2D eigenvalue weighted by molar-refractivity contribution is -0.139. The Bertz CT molecular complexity index is 1130. The van der Waals surface area contributed by atoms with E-state index in [2.05, 4.69) is 5.32 Å². The van der Waals surface area contributed by atoms with Gasteiger partial charge in [0.1, 0.15) is 18.3 Å². The molecule has 2 atom stereocenters. The van der Waals surface area contributed by atoms with E-state index in [0.717, 1.165) is 22.5 Å². The van der Waals surface area contributed by atoms with Gasteiger partial charge in [-0.25, -0.2) is 8.42 Å². The molecule has 0 spiro atoms. The maximum Gasteiger partial charge on any atom is 0.244 e. The molecule has 0 aromatic heterocycles. The summed E-state index contributed by atoms with van der Waals surface area (Å²) in [7, 11) is -3.85. The van der Waals surface area contributed by atoms with Crippen LogP contribution < -0.4 is 14.4 Å². The van der Waals surface area contributed by atoms with Crippen LogP contribution in [0, 0.1) is 0 Å². The first-order valence-electron chi connectivity index (χ1n) is 11.5. The predicted molar refractivity (Wildman–Crippen MR) is 139 cm³/mol. The molecular weight excluding hydrogens is 490 g/mol. The molecule has 10 heteroatoms. The summed E-state index contributed by atoms with van der Waals surface area (Å²) in [4.78, 5) is 27.9. The van der Waals surface area contributed by atoms with Gasteiger partial charge >= 0.3 is 0 Å². The summed E-state index contributed by atoms with van der Waals surface area (Å²) in [5.41, 5.74) is 0.972. The minimum Gasteiger partial charge on any atom is -0.492 e. The molecule has 0 aliphatic heterocycles. The van der Waals surface area contributed by atoms with E-state index in [9.17, 15) is 18.0 Å². The van der Waals surface area contributed by atoms with Gasteiger partial charge in [-0.2, -0.15) is 0 Å². The highest BCUT2D eigenvalue weighted by Crippen LogP contribution is 2.30. The highest BCUT2D eigenvalue weighted by atomic mass is 35.5. The van der Waals surface area contributed by atoms with E-state index in [-0.39, 0.29) is 24.2 Å². The average Bonchev–Trinajstić information content (AvgIpc) is 2.80. The SMILES string of the molecule is CCOc1ccccc1N(CC(=O)N(Cc1cccc(Cl)c1)[C@H](C)C(=O)N[C@@H](C)CC)S(C)(=O)=O. The Morgan fingerprint density at radius 3 is 2.37 bits per heavy atom. The predicted octanol–water partition coefficient (Wildman–Crippen LogP) is 3.84. The maximum absolute atomic E-state index is 13.6. The Morgan fingerprint density at radius 1 is 1.09 bits per heavy atom. The number of ether oxygens (including phenoxy) is 1. The number of amides is 2. The Labute approximate surface area is 213 Å². The molecule has 0 unspecified atom stereocenters. The number of nitrogens with one attached hydrogen (secondary N) is 1. The smallest absolute Gasteiger partial charge is 0.244 e. The minimum atomic E-state index is -3.85. The molecule has 2 aromatic rings. The molecule has 2 rings (SSSR count). The van der Waals surface area contributed by atoms with Crippen LogP contribution in [-0.2, 0) is 26.2 Å². The number of rotatable bonds is 12. The number of sulfonamides is 1. The van der Waals surface area contributed by atoms with Crippen molar-refractivity contribution in [2.24, 2.45) is 0 Å². The van der Waals surface area contributed by atoms with Crippen molar-refractivity contribution in [2.75, 3.05) is 23.7 Å². The summed E-state index contributed by atoms with van der Waals surface area (Å²) in [6, 6.07) is 12.7. The highest BCUT2D eigenvalue weighted by Gasteiger charge is 2.31. The molecule has 35 heavy (non-hydrogen) atoms. The van der Waals surface area contributed by atoms with Crippen molar-refractivity contribution >= 4 is 39.1 Å². The summed E-state index contributed by atoms with van der Waals surface area (Å²) < 4.78 is 32.1. The second kappa shape index (κ2) is 12.8.